The van der Waals surface area contributed by atoms with E-state index in [0.717, 1.165) is 5.92 Å². The van der Waals surface area contributed by atoms with Crippen LogP contribution in [-0.4, -0.2) is 23.8 Å². The lowest BCUT2D eigenvalue weighted by Gasteiger charge is -2.40. The van der Waals surface area contributed by atoms with E-state index in [4.69, 9.17) is 5.11 Å². The van der Waals surface area contributed by atoms with E-state index < -0.39 is 0 Å². The number of aliphatic hydroxyl groups is 1. The Morgan fingerprint density at radius 3 is 2.57 bits per heavy atom. The Kier molecular flexibility index (Phi) is 3.96. The Morgan fingerprint density at radius 2 is 2.07 bits per heavy atom. The summed E-state index contributed by atoms with van der Waals surface area (Å²) in [7, 11) is 0. The van der Waals surface area contributed by atoms with Crippen LogP contribution in [0.5, 0.6) is 0 Å². The topological polar surface area (TPSA) is 32.3 Å². The zero-order chi connectivity index (χ0) is 10.8. The number of nitrogens with one attached hydrogen (secondary N) is 1. The van der Waals surface area contributed by atoms with Crippen LogP contribution in [0.2, 0.25) is 0 Å². The van der Waals surface area contributed by atoms with Gasteiger partial charge in [-0.15, -0.1) is 0 Å². The predicted molar refractivity (Wildman–Crippen MR) is 60.3 cm³/mol. The van der Waals surface area contributed by atoms with Crippen LogP contribution in [0.25, 0.3) is 0 Å². The van der Waals surface area contributed by atoms with Gasteiger partial charge in [-0.3, -0.25) is 0 Å². The lowest BCUT2D eigenvalue weighted by atomic mass is 9.70. The van der Waals surface area contributed by atoms with Crippen molar-refractivity contribution in [2.45, 2.75) is 59.0 Å². The zero-order valence-electron chi connectivity index (χ0n) is 10.0. The van der Waals surface area contributed by atoms with E-state index in [0.29, 0.717) is 11.5 Å². The average molecular weight is 199 g/mol. The van der Waals surface area contributed by atoms with E-state index in [2.05, 4.69) is 26.1 Å². The lowest BCUT2D eigenvalue weighted by molar-refractivity contribution is 0.135. The molecule has 0 spiro atoms. The molecule has 14 heavy (non-hydrogen) atoms. The summed E-state index contributed by atoms with van der Waals surface area (Å²) in [6.45, 7) is 9.32. The second kappa shape index (κ2) is 4.63. The van der Waals surface area contributed by atoms with Crippen molar-refractivity contribution in [3.05, 3.63) is 0 Å². The van der Waals surface area contributed by atoms with Gasteiger partial charge < -0.3 is 10.4 Å². The Balaban J connectivity index is 2.45. The summed E-state index contributed by atoms with van der Waals surface area (Å²) in [5, 5.41) is 12.5. The van der Waals surface area contributed by atoms with Crippen molar-refractivity contribution in [3.63, 3.8) is 0 Å². The summed E-state index contributed by atoms with van der Waals surface area (Å²) in [4.78, 5) is 0. The van der Waals surface area contributed by atoms with Crippen LogP contribution < -0.4 is 5.32 Å². The fourth-order valence-corrected chi connectivity index (χ4v) is 2.93. The zero-order valence-corrected chi connectivity index (χ0v) is 10.0. The van der Waals surface area contributed by atoms with Crippen molar-refractivity contribution in [2.24, 2.45) is 11.3 Å². The molecule has 0 unspecified atom stereocenters. The summed E-state index contributed by atoms with van der Waals surface area (Å²) >= 11 is 0. The van der Waals surface area contributed by atoms with Gasteiger partial charge in [-0.25, -0.2) is 0 Å². The molecule has 0 aromatic carbocycles. The van der Waals surface area contributed by atoms with Crippen LogP contribution in [0.4, 0.5) is 0 Å². The third-order valence-electron chi connectivity index (χ3n) is 3.18. The summed E-state index contributed by atoms with van der Waals surface area (Å²) in [5.41, 5.74) is 0.463. The molecule has 1 aliphatic carbocycles. The van der Waals surface area contributed by atoms with Crippen LogP contribution in [0.1, 0.15) is 47.0 Å². The van der Waals surface area contributed by atoms with Gasteiger partial charge in [0.1, 0.15) is 0 Å². The highest BCUT2D eigenvalue weighted by molar-refractivity contribution is 4.87. The first kappa shape index (κ1) is 12.0. The van der Waals surface area contributed by atoms with Crippen molar-refractivity contribution in [1.29, 1.82) is 0 Å². The van der Waals surface area contributed by atoms with E-state index in [-0.39, 0.29) is 12.6 Å². The SMILES string of the molecule is C[C@@H]1C[C@H](N[C@H](C)CO)CC(C)(C)C1. The molecule has 0 saturated heterocycles. The molecule has 0 heterocycles. The molecule has 2 heteroatoms. The second-order valence-electron chi connectivity index (χ2n) is 5.86. The van der Waals surface area contributed by atoms with E-state index in [1.165, 1.54) is 19.3 Å². The first-order valence-corrected chi connectivity index (χ1v) is 5.80. The van der Waals surface area contributed by atoms with Crippen molar-refractivity contribution in [3.8, 4) is 0 Å². The standard InChI is InChI=1S/C12H25NO/c1-9-5-11(13-10(2)8-14)7-12(3,4)6-9/h9-11,13-14H,5-8H2,1-4H3/t9-,10-,11+/m1/s1. The number of rotatable bonds is 3. The largest absolute Gasteiger partial charge is 0.395 e. The third kappa shape index (κ3) is 3.58. The van der Waals surface area contributed by atoms with E-state index >= 15 is 0 Å². The Hall–Kier alpha value is -0.0800. The predicted octanol–water partition coefficient (Wildman–Crippen LogP) is 2.17. The maximum atomic E-state index is 9.00. The minimum Gasteiger partial charge on any atom is -0.395 e. The molecule has 0 aliphatic heterocycles. The van der Waals surface area contributed by atoms with Crippen LogP contribution in [0, 0.1) is 11.3 Å². The van der Waals surface area contributed by atoms with Gasteiger partial charge in [0.25, 0.3) is 0 Å². The molecule has 2 N–H and O–H groups in total. The van der Waals surface area contributed by atoms with Crippen LogP contribution >= 0.6 is 0 Å². The highest BCUT2D eigenvalue weighted by Crippen LogP contribution is 2.38. The lowest BCUT2D eigenvalue weighted by Crippen LogP contribution is -2.45. The number of hydrogen-bond donors (Lipinski definition) is 2. The van der Waals surface area contributed by atoms with Crippen LogP contribution in [0.3, 0.4) is 0 Å². The van der Waals surface area contributed by atoms with Crippen molar-refractivity contribution in [2.75, 3.05) is 6.61 Å². The maximum absolute atomic E-state index is 9.00. The Morgan fingerprint density at radius 1 is 1.43 bits per heavy atom. The van der Waals surface area contributed by atoms with Crippen molar-refractivity contribution < 1.29 is 5.11 Å². The molecule has 1 saturated carbocycles. The van der Waals surface area contributed by atoms with Crippen molar-refractivity contribution in [1.82, 2.24) is 5.32 Å². The molecule has 0 radical (unpaired) electrons. The van der Waals surface area contributed by atoms with Gasteiger partial charge in [-0.05, 0) is 37.5 Å². The number of aliphatic hydroxyl groups excluding tert-OH is 1. The molecule has 1 rings (SSSR count). The van der Waals surface area contributed by atoms with Gasteiger partial charge in [0.2, 0.25) is 0 Å². The molecule has 0 amide bonds. The van der Waals surface area contributed by atoms with Gasteiger partial charge in [-0.2, -0.15) is 0 Å². The van der Waals surface area contributed by atoms with Crippen LogP contribution in [-0.2, 0) is 0 Å². The third-order valence-corrected chi connectivity index (χ3v) is 3.18. The monoisotopic (exact) mass is 199 g/mol. The molecule has 0 aromatic rings. The highest BCUT2D eigenvalue weighted by atomic mass is 16.3. The molecular weight excluding hydrogens is 174 g/mol. The van der Waals surface area contributed by atoms with Gasteiger partial charge >= 0.3 is 0 Å². The highest BCUT2D eigenvalue weighted by Gasteiger charge is 2.32. The Labute approximate surface area is 88.1 Å². The molecule has 0 aromatic heterocycles. The molecule has 0 bridgehead atoms. The normalized spacial score (nSPS) is 34.1. The maximum Gasteiger partial charge on any atom is 0.0582 e. The summed E-state index contributed by atoms with van der Waals surface area (Å²) in [6.07, 6.45) is 3.83. The Bertz CT molecular complexity index is 179. The molecule has 1 fully saturated rings. The quantitative estimate of drug-likeness (QED) is 0.730. The molecule has 84 valence electrons. The molecular formula is C12H25NO. The fourth-order valence-electron chi connectivity index (χ4n) is 2.93. The first-order chi connectivity index (χ1) is 6.43. The van der Waals surface area contributed by atoms with E-state index in [1.54, 1.807) is 0 Å². The first-order valence-electron chi connectivity index (χ1n) is 5.80. The number of hydrogen-bond acceptors (Lipinski definition) is 2. The second-order valence-corrected chi connectivity index (χ2v) is 5.86. The molecule has 1 aliphatic rings. The smallest absolute Gasteiger partial charge is 0.0582 e. The fraction of sp³-hybridized carbons (Fsp3) is 1.00. The summed E-state index contributed by atoms with van der Waals surface area (Å²) in [6, 6.07) is 0.831. The minimum atomic E-state index is 0.237. The molecule has 3 atom stereocenters. The van der Waals surface area contributed by atoms with Gasteiger partial charge in [0.15, 0.2) is 0 Å². The minimum absolute atomic E-state index is 0.237. The van der Waals surface area contributed by atoms with E-state index in [1.807, 2.05) is 6.92 Å². The van der Waals surface area contributed by atoms with Gasteiger partial charge in [-0.1, -0.05) is 20.8 Å². The molecule has 2 nitrogen and oxygen atoms in total. The summed E-state index contributed by atoms with van der Waals surface area (Å²) in [5.74, 6) is 0.808. The van der Waals surface area contributed by atoms with Crippen LogP contribution in [0.15, 0.2) is 0 Å². The van der Waals surface area contributed by atoms with Crippen molar-refractivity contribution >= 4 is 0 Å². The van der Waals surface area contributed by atoms with E-state index in [9.17, 15) is 0 Å². The average Bonchev–Trinajstić information content (AvgIpc) is 1.99. The summed E-state index contributed by atoms with van der Waals surface area (Å²) < 4.78 is 0. The van der Waals surface area contributed by atoms with Gasteiger partial charge in [0.05, 0.1) is 6.61 Å². The van der Waals surface area contributed by atoms with Gasteiger partial charge in [0, 0.05) is 12.1 Å².